The van der Waals surface area contributed by atoms with E-state index in [2.05, 4.69) is 22.3 Å². The first-order valence-corrected chi connectivity index (χ1v) is 6.31. The van der Waals surface area contributed by atoms with E-state index in [9.17, 15) is 4.79 Å². The largest absolute Gasteiger partial charge is 0.353 e. The quantitative estimate of drug-likeness (QED) is 0.869. The van der Waals surface area contributed by atoms with E-state index in [4.69, 9.17) is 5.73 Å². The van der Waals surface area contributed by atoms with E-state index >= 15 is 0 Å². The first-order valence-electron chi connectivity index (χ1n) is 6.31. The molecule has 1 unspecified atom stereocenters. The highest BCUT2D eigenvalue weighted by molar-refractivity contribution is 5.89. The molecule has 1 atom stereocenters. The van der Waals surface area contributed by atoms with Gasteiger partial charge in [-0.1, -0.05) is 30.3 Å². The van der Waals surface area contributed by atoms with Crippen molar-refractivity contribution in [2.45, 2.75) is 24.4 Å². The average Bonchev–Trinajstić information content (AvgIpc) is 3.10. The summed E-state index contributed by atoms with van der Waals surface area (Å²) in [7, 11) is 4.03. The average molecular weight is 320 g/mol. The van der Waals surface area contributed by atoms with E-state index in [1.807, 2.05) is 32.3 Å². The summed E-state index contributed by atoms with van der Waals surface area (Å²) < 4.78 is 0. The number of nitrogens with zero attached hydrogens (tertiary/aromatic N) is 1. The van der Waals surface area contributed by atoms with Crippen molar-refractivity contribution in [3.8, 4) is 0 Å². The summed E-state index contributed by atoms with van der Waals surface area (Å²) in [5.74, 6) is -0.0229. The number of carbonyl (C=O) groups is 1. The van der Waals surface area contributed by atoms with Gasteiger partial charge in [-0.3, -0.25) is 4.79 Å². The van der Waals surface area contributed by atoms with Gasteiger partial charge in [0, 0.05) is 6.54 Å². The highest BCUT2D eigenvalue weighted by atomic mass is 35.5. The molecule has 0 saturated heterocycles. The lowest BCUT2D eigenvalue weighted by atomic mass is 10.1. The van der Waals surface area contributed by atoms with Gasteiger partial charge in [0.05, 0.1) is 11.6 Å². The van der Waals surface area contributed by atoms with E-state index in [-0.39, 0.29) is 36.8 Å². The van der Waals surface area contributed by atoms with Crippen molar-refractivity contribution in [1.82, 2.24) is 10.2 Å². The fraction of sp³-hybridized carbons (Fsp3) is 0.500. The molecule has 114 valence electrons. The van der Waals surface area contributed by atoms with Crippen LogP contribution in [-0.4, -0.2) is 37.0 Å². The smallest absolute Gasteiger partial charge is 0.240 e. The van der Waals surface area contributed by atoms with Gasteiger partial charge in [-0.2, -0.15) is 0 Å². The predicted molar refractivity (Wildman–Crippen MR) is 86.5 cm³/mol. The third-order valence-corrected chi connectivity index (χ3v) is 3.50. The Bertz CT molecular complexity index is 422. The molecule has 1 aliphatic rings. The molecule has 0 radical (unpaired) electrons. The van der Waals surface area contributed by atoms with Crippen LogP contribution in [-0.2, 0) is 4.79 Å². The van der Waals surface area contributed by atoms with Gasteiger partial charge in [-0.25, -0.2) is 0 Å². The van der Waals surface area contributed by atoms with Crippen LogP contribution < -0.4 is 11.1 Å². The molecule has 0 bridgehead atoms. The van der Waals surface area contributed by atoms with Crippen molar-refractivity contribution < 1.29 is 4.79 Å². The Balaban J connectivity index is 0.00000180. The van der Waals surface area contributed by atoms with E-state index in [0.717, 1.165) is 12.8 Å². The molecule has 1 amide bonds. The molecule has 2 rings (SSSR count). The maximum Gasteiger partial charge on any atom is 0.240 e. The summed E-state index contributed by atoms with van der Waals surface area (Å²) in [6, 6.07) is 10.3. The Morgan fingerprint density at radius 3 is 2.30 bits per heavy atom. The van der Waals surface area contributed by atoms with E-state index in [0.29, 0.717) is 6.54 Å². The molecule has 3 N–H and O–H groups in total. The van der Waals surface area contributed by atoms with Crippen molar-refractivity contribution in [1.29, 1.82) is 0 Å². The molecule has 4 nitrogen and oxygen atoms in total. The molecule has 20 heavy (non-hydrogen) atoms. The Hall–Kier alpha value is -0.810. The number of amides is 1. The third-order valence-electron chi connectivity index (χ3n) is 3.50. The normalized spacial score (nSPS) is 16.6. The minimum absolute atomic E-state index is 0. The molecule has 0 spiro atoms. The van der Waals surface area contributed by atoms with E-state index in [1.165, 1.54) is 5.56 Å². The number of carbonyl (C=O) groups excluding carboxylic acids is 1. The first-order chi connectivity index (χ1) is 8.53. The molecule has 1 saturated carbocycles. The summed E-state index contributed by atoms with van der Waals surface area (Å²) in [6.07, 6.45) is 1.60. The molecule has 1 fully saturated rings. The lowest BCUT2D eigenvalue weighted by Gasteiger charge is -2.25. The summed E-state index contributed by atoms with van der Waals surface area (Å²) in [5, 5.41) is 2.96. The lowest BCUT2D eigenvalue weighted by Crippen LogP contribution is -2.45. The highest BCUT2D eigenvalue weighted by Gasteiger charge is 2.45. The first kappa shape index (κ1) is 19.2. The summed E-state index contributed by atoms with van der Waals surface area (Å²) in [5.41, 5.74) is 6.47. The molecule has 0 aliphatic heterocycles. The molecule has 1 aromatic rings. The van der Waals surface area contributed by atoms with Gasteiger partial charge in [-0.15, -0.1) is 24.8 Å². The highest BCUT2D eigenvalue weighted by Crippen LogP contribution is 2.32. The number of hydrogen-bond acceptors (Lipinski definition) is 3. The van der Waals surface area contributed by atoms with E-state index < -0.39 is 5.54 Å². The Morgan fingerprint density at radius 1 is 1.30 bits per heavy atom. The van der Waals surface area contributed by atoms with Gasteiger partial charge in [0.25, 0.3) is 0 Å². The Kier molecular flexibility index (Phi) is 7.52. The van der Waals surface area contributed by atoms with Crippen molar-refractivity contribution in [3.63, 3.8) is 0 Å². The molecular formula is C14H23Cl2N3O. The van der Waals surface area contributed by atoms with Gasteiger partial charge in [0.15, 0.2) is 0 Å². The lowest BCUT2D eigenvalue weighted by molar-refractivity contribution is -0.123. The van der Waals surface area contributed by atoms with Crippen LogP contribution in [0.3, 0.4) is 0 Å². The SMILES string of the molecule is CN(C)C(CNC(=O)C1(N)CC1)c1ccccc1.Cl.Cl. The van der Waals surface area contributed by atoms with Crippen LogP contribution in [0, 0.1) is 0 Å². The Morgan fingerprint density at radius 2 is 1.85 bits per heavy atom. The van der Waals surface area contributed by atoms with Gasteiger partial charge in [-0.05, 0) is 32.5 Å². The maximum atomic E-state index is 11.8. The summed E-state index contributed by atoms with van der Waals surface area (Å²) >= 11 is 0. The summed E-state index contributed by atoms with van der Waals surface area (Å²) in [6.45, 7) is 0.592. The Labute approximate surface area is 132 Å². The van der Waals surface area contributed by atoms with Crippen molar-refractivity contribution >= 4 is 30.7 Å². The number of likely N-dealkylation sites (N-methyl/N-ethyl adjacent to an activating group) is 1. The molecule has 1 aliphatic carbocycles. The van der Waals surface area contributed by atoms with E-state index in [1.54, 1.807) is 0 Å². The van der Waals surface area contributed by atoms with Crippen LogP contribution in [0.5, 0.6) is 0 Å². The van der Waals surface area contributed by atoms with Gasteiger partial charge in [0.1, 0.15) is 0 Å². The second-order valence-corrected chi connectivity index (χ2v) is 5.26. The van der Waals surface area contributed by atoms with Crippen LogP contribution in [0.15, 0.2) is 30.3 Å². The fourth-order valence-electron chi connectivity index (χ4n) is 2.00. The van der Waals surface area contributed by atoms with Crippen molar-refractivity contribution in [2.75, 3.05) is 20.6 Å². The predicted octanol–water partition coefficient (Wildman–Crippen LogP) is 1.74. The van der Waals surface area contributed by atoms with Crippen LogP contribution in [0.2, 0.25) is 0 Å². The minimum Gasteiger partial charge on any atom is -0.353 e. The summed E-state index contributed by atoms with van der Waals surface area (Å²) in [4.78, 5) is 13.9. The number of halogens is 2. The minimum atomic E-state index is -0.590. The monoisotopic (exact) mass is 319 g/mol. The molecule has 0 aromatic heterocycles. The standard InChI is InChI=1S/C14H21N3O.2ClH/c1-17(2)12(11-6-4-3-5-7-11)10-16-13(18)14(15)8-9-14;;/h3-7,12H,8-10,15H2,1-2H3,(H,16,18);2*1H. The second-order valence-electron chi connectivity index (χ2n) is 5.26. The molecular weight excluding hydrogens is 297 g/mol. The molecule has 0 heterocycles. The number of hydrogen-bond donors (Lipinski definition) is 2. The van der Waals surface area contributed by atoms with Crippen LogP contribution >= 0.6 is 24.8 Å². The molecule has 6 heteroatoms. The second kappa shape index (κ2) is 7.84. The zero-order chi connectivity index (χ0) is 13.2. The number of nitrogens with one attached hydrogen (secondary N) is 1. The maximum absolute atomic E-state index is 11.8. The van der Waals surface area contributed by atoms with Gasteiger partial charge < -0.3 is 16.0 Å². The molecule has 1 aromatic carbocycles. The third kappa shape index (κ3) is 4.63. The van der Waals surface area contributed by atoms with Crippen LogP contribution in [0.25, 0.3) is 0 Å². The zero-order valence-electron chi connectivity index (χ0n) is 11.8. The number of rotatable bonds is 5. The van der Waals surface area contributed by atoms with Crippen LogP contribution in [0.4, 0.5) is 0 Å². The van der Waals surface area contributed by atoms with Crippen molar-refractivity contribution in [3.05, 3.63) is 35.9 Å². The van der Waals surface area contributed by atoms with Gasteiger partial charge in [0.2, 0.25) is 5.91 Å². The van der Waals surface area contributed by atoms with Crippen LogP contribution in [0.1, 0.15) is 24.4 Å². The zero-order valence-corrected chi connectivity index (χ0v) is 13.5. The van der Waals surface area contributed by atoms with Gasteiger partial charge >= 0.3 is 0 Å². The topological polar surface area (TPSA) is 58.4 Å². The van der Waals surface area contributed by atoms with Crippen molar-refractivity contribution in [2.24, 2.45) is 5.73 Å². The fourth-order valence-corrected chi connectivity index (χ4v) is 2.00. The number of benzene rings is 1. The number of nitrogens with two attached hydrogens (primary N) is 1.